The summed E-state index contributed by atoms with van der Waals surface area (Å²) < 4.78 is 6.18. The third kappa shape index (κ3) is 6.25. The Balaban J connectivity index is 2.45. The lowest BCUT2D eigenvalue weighted by atomic mass is 9.91. The van der Waals surface area contributed by atoms with Crippen LogP contribution in [0.2, 0.25) is 18.1 Å². The van der Waals surface area contributed by atoms with Gasteiger partial charge in [0.15, 0.2) is 8.32 Å². The zero-order valence-corrected chi connectivity index (χ0v) is 16.7. The maximum absolute atomic E-state index is 10.5. The van der Waals surface area contributed by atoms with Crippen LogP contribution in [0.3, 0.4) is 0 Å². The van der Waals surface area contributed by atoms with E-state index in [0.29, 0.717) is 6.61 Å². The molecule has 0 saturated carbocycles. The van der Waals surface area contributed by atoms with Gasteiger partial charge in [-0.2, -0.15) is 0 Å². The molecule has 0 aliphatic carbocycles. The van der Waals surface area contributed by atoms with Gasteiger partial charge < -0.3 is 9.53 Å². The van der Waals surface area contributed by atoms with Crippen LogP contribution >= 0.6 is 0 Å². The molecule has 0 unspecified atom stereocenters. The summed E-state index contributed by atoms with van der Waals surface area (Å²) in [6.07, 6.45) is 1.12. The van der Waals surface area contributed by atoms with Crippen molar-refractivity contribution >= 4 is 8.32 Å². The summed E-state index contributed by atoms with van der Waals surface area (Å²) >= 11 is 0. The molecule has 0 heterocycles. The average molecular weight is 335 g/mol. The van der Waals surface area contributed by atoms with Crippen LogP contribution in [0.15, 0.2) is 42.5 Å². The van der Waals surface area contributed by atoms with Gasteiger partial charge >= 0.3 is 0 Å². The highest BCUT2D eigenvalue weighted by Gasteiger charge is 2.37. The lowest BCUT2D eigenvalue weighted by molar-refractivity contribution is 0.143. The molecule has 0 radical (unpaired) electrons. The topological polar surface area (TPSA) is 29.5 Å². The second kappa shape index (κ2) is 8.27. The summed E-state index contributed by atoms with van der Waals surface area (Å²) in [6, 6.07) is 10.3. The van der Waals surface area contributed by atoms with Crippen molar-refractivity contribution in [2.45, 2.75) is 64.8 Å². The van der Waals surface area contributed by atoms with Crippen molar-refractivity contribution in [2.75, 3.05) is 6.61 Å². The molecule has 0 aliphatic rings. The Morgan fingerprint density at radius 1 is 1.22 bits per heavy atom. The van der Waals surface area contributed by atoms with E-state index in [1.165, 1.54) is 5.56 Å². The number of aliphatic hydroxyl groups is 1. The normalized spacial score (nSPS) is 15.3. The summed E-state index contributed by atoms with van der Waals surface area (Å²) in [5.41, 5.74) is 2.14. The van der Waals surface area contributed by atoms with Crippen LogP contribution in [0, 0.1) is 5.92 Å². The van der Waals surface area contributed by atoms with Gasteiger partial charge in [0.25, 0.3) is 0 Å². The number of rotatable bonds is 8. The Hall–Kier alpha value is -0.903. The highest BCUT2D eigenvalue weighted by molar-refractivity contribution is 6.74. The first-order valence-corrected chi connectivity index (χ1v) is 11.5. The third-order valence-electron chi connectivity index (χ3n) is 5.05. The van der Waals surface area contributed by atoms with E-state index < -0.39 is 14.4 Å². The maximum atomic E-state index is 10.5. The second-order valence-electron chi connectivity index (χ2n) is 8.13. The number of hydrogen-bond donors (Lipinski definition) is 1. The molecule has 0 aromatic heterocycles. The molecule has 0 saturated heterocycles. The van der Waals surface area contributed by atoms with Gasteiger partial charge in [0.2, 0.25) is 0 Å². The SMILES string of the molecule is C=C(CCO[Si](C)(C)C(C)(C)C)[C@@H](O)[C@H](C)Cc1ccccc1. The lowest BCUT2D eigenvalue weighted by Crippen LogP contribution is -2.41. The zero-order valence-electron chi connectivity index (χ0n) is 15.7. The molecule has 130 valence electrons. The Bertz CT molecular complexity index is 488. The minimum Gasteiger partial charge on any atom is -0.417 e. The molecule has 1 N–H and O–H groups in total. The van der Waals surface area contributed by atoms with Crippen LogP contribution in [0.1, 0.15) is 39.7 Å². The highest BCUT2D eigenvalue weighted by Crippen LogP contribution is 2.36. The van der Waals surface area contributed by atoms with Gasteiger partial charge in [0.1, 0.15) is 0 Å². The zero-order chi connectivity index (χ0) is 17.7. The number of hydrogen-bond acceptors (Lipinski definition) is 2. The van der Waals surface area contributed by atoms with Crippen molar-refractivity contribution in [3.63, 3.8) is 0 Å². The Kier molecular flexibility index (Phi) is 7.24. The molecule has 0 amide bonds. The minimum atomic E-state index is -1.72. The molecule has 0 bridgehead atoms. The van der Waals surface area contributed by atoms with Gasteiger partial charge in [-0.3, -0.25) is 0 Å². The van der Waals surface area contributed by atoms with Crippen molar-refractivity contribution in [3.8, 4) is 0 Å². The fraction of sp³-hybridized carbons (Fsp3) is 0.600. The Morgan fingerprint density at radius 2 is 1.78 bits per heavy atom. The Labute approximate surface area is 143 Å². The first-order chi connectivity index (χ1) is 10.5. The van der Waals surface area contributed by atoms with Crippen molar-refractivity contribution in [2.24, 2.45) is 5.92 Å². The minimum absolute atomic E-state index is 0.165. The van der Waals surface area contributed by atoms with Gasteiger partial charge in [-0.15, -0.1) is 0 Å². The van der Waals surface area contributed by atoms with Gasteiger partial charge in [0, 0.05) is 6.61 Å². The van der Waals surface area contributed by atoms with Gasteiger partial charge in [-0.1, -0.05) is 64.6 Å². The largest absolute Gasteiger partial charge is 0.417 e. The number of benzene rings is 1. The average Bonchev–Trinajstić information content (AvgIpc) is 2.46. The van der Waals surface area contributed by atoms with E-state index in [2.05, 4.69) is 59.5 Å². The van der Waals surface area contributed by atoms with Gasteiger partial charge in [0.05, 0.1) is 6.10 Å². The van der Waals surface area contributed by atoms with Crippen LogP contribution in [0.25, 0.3) is 0 Å². The molecule has 1 aromatic rings. The van der Waals surface area contributed by atoms with E-state index in [-0.39, 0.29) is 11.0 Å². The molecule has 0 aliphatic heterocycles. The molecular weight excluding hydrogens is 300 g/mol. The van der Waals surface area contributed by atoms with Crippen LogP contribution in [0.4, 0.5) is 0 Å². The lowest BCUT2D eigenvalue weighted by Gasteiger charge is -2.36. The van der Waals surface area contributed by atoms with E-state index in [4.69, 9.17) is 4.43 Å². The quantitative estimate of drug-likeness (QED) is 0.523. The van der Waals surface area contributed by atoms with Crippen LogP contribution in [-0.2, 0) is 10.8 Å². The van der Waals surface area contributed by atoms with Crippen molar-refractivity contribution in [1.29, 1.82) is 0 Å². The van der Waals surface area contributed by atoms with Crippen molar-refractivity contribution in [1.82, 2.24) is 0 Å². The van der Waals surface area contributed by atoms with Crippen LogP contribution < -0.4 is 0 Å². The standard InChI is InChI=1S/C20H34O2Si/c1-16(13-14-22-23(6,7)20(3,4)5)19(21)17(2)15-18-11-9-8-10-12-18/h8-12,17,19,21H,1,13-15H2,2-7H3/t17-,19-/m1/s1. The predicted molar refractivity (Wildman–Crippen MR) is 102 cm³/mol. The molecular formula is C20H34O2Si. The van der Waals surface area contributed by atoms with Crippen molar-refractivity contribution < 1.29 is 9.53 Å². The smallest absolute Gasteiger partial charge is 0.191 e. The van der Waals surface area contributed by atoms with E-state index in [9.17, 15) is 5.11 Å². The van der Waals surface area contributed by atoms with Crippen molar-refractivity contribution in [3.05, 3.63) is 48.0 Å². The molecule has 2 nitrogen and oxygen atoms in total. The summed E-state index contributed by atoms with van der Waals surface area (Å²) in [5.74, 6) is 0.165. The van der Waals surface area contributed by atoms with E-state index in [1.54, 1.807) is 0 Å². The summed E-state index contributed by atoms with van der Waals surface area (Å²) in [7, 11) is -1.72. The second-order valence-corrected chi connectivity index (χ2v) is 12.9. The van der Waals surface area contributed by atoms with Gasteiger partial charge in [-0.05, 0) is 48.0 Å². The van der Waals surface area contributed by atoms with Crippen LogP contribution in [0.5, 0.6) is 0 Å². The Morgan fingerprint density at radius 3 is 2.30 bits per heavy atom. The highest BCUT2D eigenvalue weighted by atomic mass is 28.4. The third-order valence-corrected chi connectivity index (χ3v) is 9.59. The first-order valence-electron chi connectivity index (χ1n) is 8.58. The van der Waals surface area contributed by atoms with Crippen LogP contribution in [-0.4, -0.2) is 26.1 Å². The molecule has 0 fully saturated rings. The molecule has 0 spiro atoms. The maximum Gasteiger partial charge on any atom is 0.191 e. The predicted octanol–water partition coefficient (Wildman–Crippen LogP) is 5.19. The summed E-state index contributed by atoms with van der Waals surface area (Å²) in [5, 5.41) is 10.7. The molecule has 1 aromatic carbocycles. The fourth-order valence-electron chi connectivity index (χ4n) is 2.30. The molecule has 3 heteroatoms. The number of aliphatic hydroxyl groups excluding tert-OH is 1. The summed E-state index contributed by atoms with van der Waals surface area (Å²) in [4.78, 5) is 0. The molecule has 2 atom stereocenters. The van der Waals surface area contributed by atoms with Gasteiger partial charge in [-0.25, -0.2) is 0 Å². The van der Waals surface area contributed by atoms with E-state index in [0.717, 1.165) is 18.4 Å². The van der Waals surface area contributed by atoms with E-state index >= 15 is 0 Å². The monoisotopic (exact) mass is 334 g/mol. The molecule has 23 heavy (non-hydrogen) atoms. The van der Waals surface area contributed by atoms with E-state index in [1.807, 2.05) is 18.2 Å². The molecule has 1 rings (SSSR count). The first kappa shape index (κ1) is 20.1. The summed E-state index contributed by atoms with van der Waals surface area (Å²) in [6.45, 7) is 18.1. The fourth-order valence-corrected chi connectivity index (χ4v) is 3.35.